The average molecular weight is 344 g/mol. The van der Waals surface area contributed by atoms with Gasteiger partial charge in [0.1, 0.15) is 5.82 Å². The van der Waals surface area contributed by atoms with E-state index in [4.69, 9.17) is 14.0 Å². The molecule has 1 aromatic carbocycles. The Morgan fingerprint density at radius 1 is 1.08 bits per heavy atom. The second-order valence-electron chi connectivity index (χ2n) is 7.00. The number of aromatic nitrogens is 2. The fourth-order valence-electron chi connectivity index (χ4n) is 2.54. The molecule has 1 aliphatic rings. The zero-order valence-electron chi connectivity index (χ0n) is 15.2. The number of hydrogen-bond donors (Lipinski definition) is 0. The van der Waals surface area contributed by atoms with E-state index in [9.17, 15) is 4.39 Å². The Balaban J connectivity index is 1.91. The van der Waals surface area contributed by atoms with Crippen LogP contribution in [0.5, 0.6) is 5.75 Å². The Labute approximate surface area is 147 Å². The molecule has 1 saturated heterocycles. The molecule has 3 rings (SSSR count). The zero-order valence-corrected chi connectivity index (χ0v) is 15.2. The number of halogens is 1. The maximum absolute atomic E-state index is 14.4. The lowest BCUT2D eigenvalue weighted by Crippen LogP contribution is -2.41. The van der Waals surface area contributed by atoms with Gasteiger partial charge >= 0.3 is 7.12 Å². The summed E-state index contributed by atoms with van der Waals surface area (Å²) in [5, 5.41) is 0. The summed E-state index contributed by atoms with van der Waals surface area (Å²) in [7, 11) is -0.771. The van der Waals surface area contributed by atoms with E-state index < -0.39 is 18.3 Å². The van der Waals surface area contributed by atoms with Gasteiger partial charge in [-0.3, -0.25) is 0 Å². The largest absolute Gasteiger partial charge is 0.497 e. The normalized spacial score (nSPS) is 18.4. The maximum Gasteiger partial charge on any atom is 0.497 e. The molecule has 0 bridgehead atoms. The molecule has 0 aliphatic carbocycles. The minimum Gasteiger partial charge on any atom is -0.491 e. The van der Waals surface area contributed by atoms with E-state index in [1.807, 2.05) is 34.6 Å². The van der Waals surface area contributed by atoms with E-state index in [1.165, 1.54) is 6.07 Å². The molecule has 132 valence electrons. The van der Waals surface area contributed by atoms with Crippen LogP contribution in [0.2, 0.25) is 0 Å². The van der Waals surface area contributed by atoms with E-state index in [0.29, 0.717) is 29.2 Å². The summed E-state index contributed by atoms with van der Waals surface area (Å²) in [6, 6.07) is 4.70. The second-order valence-corrected chi connectivity index (χ2v) is 7.00. The van der Waals surface area contributed by atoms with E-state index >= 15 is 0 Å². The third kappa shape index (κ3) is 3.39. The molecule has 2 heterocycles. The molecule has 0 unspecified atom stereocenters. The van der Waals surface area contributed by atoms with Gasteiger partial charge in [-0.15, -0.1) is 0 Å². The lowest BCUT2D eigenvalue weighted by atomic mass is 9.78. The minimum atomic E-state index is -0.771. The van der Waals surface area contributed by atoms with Crippen LogP contribution >= 0.6 is 0 Å². The smallest absolute Gasteiger partial charge is 0.491 e. The van der Waals surface area contributed by atoms with Crippen molar-refractivity contribution in [3.63, 3.8) is 0 Å². The number of hydrogen-bond acceptors (Lipinski definition) is 5. The predicted octanol–water partition coefficient (Wildman–Crippen LogP) is 2.98. The quantitative estimate of drug-likeness (QED) is 0.798. The van der Waals surface area contributed by atoms with E-state index in [1.54, 1.807) is 24.5 Å². The highest BCUT2D eigenvalue weighted by Crippen LogP contribution is 2.36. The van der Waals surface area contributed by atoms with Crippen molar-refractivity contribution in [1.29, 1.82) is 0 Å². The van der Waals surface area contributed by atoms with Crippen molar-refractivity contribution < 1.29 is 18.4 Å². The van der Waals surface area contributed by atoms with E-state index in [2.05, 4.69) is 9.97 Å². The van der Waals surface area contributed by atoms with E-state index in [0.717, 1.165) is 0 Å². The number of benzene rings is 1. The van der Waals surface area contributed by atoms with Gasteiger partial charge in [-0.05, 0) is 52.8 Å². The van der Waals surface area contributed by atoms with Gasteiger partial charge < -0.3 is 14.0 Å². The zero-order chi connectivity index (χ0) is 18.2. The van der Waals surface area contributed by atoms with Crippen LogP contribution in [0.3, 0.4) is 0 Å². The summed E-state index contributed by atoms with van der Waals surface area (Å²) in [6.45, 7) is 10.2. The number of rotatable bonds is 4. The highest BCUT2D eigenvalue weighted by molar-refractivity contribution is 6.62. The molecule has 0 amide bonds. The Bertz CT molecular complexity index is 749. The summed E-state index contributed by atoms with van der Waals surface area (Å²) >= 11 is 0. The minimum absolute atomic E-state index is 0.341. The first-order valence-electron chi connectivity index (χ1n) is 8.34. The van der Waals surface area contributed by atoms with Gasteiger partial charge in [0.2, 0.25) is 0 Å². The Hall–Kier alpha value is -1.99. The summed E-state index contributed by atoms with van der Waals surface area (Å²) in [5.41, 5.74) is -0.0336. The fourth-order valence-corrected chi connectivity index (χ4v) is 2.54. The third-order valence-corrected chi connectivity index (χ3v) is 4.70. The van der Waals surface area contributed by atoms with Crippen LogP contribution in [0.4, 0.5) is 4.39 Å². The number of nitrogens with zero attached hydrogens (tertiary/aromatic N) is 2. The second kappa shape index (κ2) is 6.39. The number of ether oxygens (including phenoxy) is 1. The summed E-state index contributed by atoms with van der Waals surface area (Å²) in [4.78, 5) is 8.56. The molecule has 1 aromatic heterocycles. The van der Waals surface area contributed by atoms with Gasteiger partial charge in [-0.2, -0.15) is 0 Å². The highest BCUT2D eigenvalue weighted by Gasteiger charge is 2.52. The standard InChI is InChI=1S/C18H22BFN2O3/c1-6-23-13-10-21-16(22-11-13)12-7-8-15(20)14(9-12)19-24-17(2,3)18(4,5)25-19/h7-11H,6H2,1-5H3. The monoisotopic (exact) mass is 344 g/mol. The lowest BCUT2D eigenvalue weighted by Gasteiger charge is -2.32. The molecule has 7 heteroatoms. The van der Waals surface area contributed by atoms with Crippen molar-refractivity contribution in [1.82, 2.24) is 9.97 Å². The Kier molecular flexibility index (Phi) is 4.55. The van der Waals surface area contributed by atoms with Gasteiger partial charge in [0, 0.05) is 11.0 Å². The van der Waals surface area contributed by atoms with Crippen LogP contribution in [0.15, 0.2) is 30.6 Å². The predicted molar refractivity (Wildman–Crippen MR) is 94.3 cm³/mol. The molecule has 0 saturated carbocycles. The van der Waals surface area contributed by atoms with Gasteiger partial charge in [0.25, 0.3) is 0 Å². The van der Waals surface area contributed by atoms with Gasteiger partial charge in [0.15, 0.2) is 11.6 Å². The highest BCUT2D eigenvalue weighted by atomic mass is 19.1. The molecule has 25 heavy (non-hydrogen) atoms. The van der Waals surface area contributed by atoms with Crippen molar-refractivity contribution in [2.24, 2.45) is 0 Å². The van der Waals surface area contributed by atoms with Crippen LogP contribution in [0, 0.1) is 5.82 Å². The van der Waals surface area contributed by atoms with Gasteiger partial charge in [-0.1, -0.05) is 0 Å². The molecule has 5 nitrogen and oxygen atoms in total. The van der Waals surface area contributed by atoms with Crippen LogP contribution in [0.1, 0.15) is 34.6 Å². The van der Waals surface area contributed by atoms with Crippen molar-refractivity contribution in [2.45, 2.75) is 45.8 Å². The topological polar surface area (TPSA) is 53.5 Å². The molecule has 0 spiro atoms. The molecular formula is C18H22BFN2O3. The average Bonchev–Trinajstić information content (AvgIpc) is 2.77. The van der Waals surface area contributed by atoms with Crippen LogP contribution in [0.25, 0.3) is 11.4 Å². The SMILES string of the molecule is CCOc1cnc(-c2ccc(F)c(B3OC(C)(C)C(C)(C)O3)c2)nc1. The molecular weight excluding hydrogens is 322 g/mol. The van der Waals surface area contributed by atoms with Gasteiger partial charge in [0.05, 0.1) is 30.2 Å². The Morgan fingerprint density at radius 2 is 1.68 bits per heavy atom. The maximum atomic E-state index is 14.4. The first-order valence-corrected chi connectivity index (χ1v) is 8.34. The molecule has 0 N–H and O–H groups in total. The first kappa shape index (κ1) is 17.8. The van der Waals surface area contributed by atoms with Crippen molar-refractivity contribution >= 4 is 12.6 Å². The van der Waals surface area contributed by atoms with Crippen LogP contribution < -0.4 is 10.2 Å². The molecule has 0 atom stereocenters. The molecule has 1 fully saturated rings. The van der Waals surface area contributed by atoms with E-state index in [-0.39, 0.29) is 5.82 Å². The summed E-state index contributed by atoms with van der Waals surface area (Å²) in [6.07, 6.45) is 3.20. The summed E-state index contributed by atoms with van der Waals surface area (Å²) < 4.78 is 31.6. The first-order chi connectivity index (χ1) is 11.7. The van der Waals surface area contributed by atoms with Gasteiger partial charge in [-0.25, -0.2) is 14.4 Å². The molecule has 1 aliphatic heterocycles. The summed E-state index contributed by atoms with van der Waals surface area (Å²) in [5.74, 6) is 0.703. The third-order valence-electron chi connectivity index (χ3n) is 4.70. The van der Waals surface area contributed by atoms with Crippen LogP contribution in [-0.4, -0.2) is 34.9 Å². The van der Waals surface area contributed by atoms with Crippen LogP contribution in [-0.2, 0) is 9.31 Å². The van der Waals surface area contributed by atoms with Crippen molar-refractivity contribution in [3.8, 4) is 17.1 Å². The Morgan fingerprint density at radius 3 is 2.24 bits per heavy atom. The van der Waals surface area contributed by atoms with Crippen molar-refractivity contribution in [2.75, 3.05) is 6.61 Å². The molecule has 2 aromatic rings. The fraction of sp³-hybridized carbons (Fsp3) is 0.444. The lowest BCUT2D eigenvalue weighted by molar-refractivity contribution is 0.00578. The van der Waals surface area contributed by atoms with Crippen molar-refractivity contribution in [3.05, 3.63) is 36.4 Å². The molecule has 0 radical (unpaired) electrons.